The molecule has 10 heteroatoms. The SMILES string of the molecule is NC(=O)CCCSC(Cc1nnn[nH]1)c1cccc(OCc2ccc3ccc(Cl)cc3n2)c1. The van der Waals surface area contributed by atoms with Crippen LogP contribution in [0.15, 0.2) is 54.6 Å². The van der Waals surface area contributed by atoms with E-state index in [1.54, 1.807) is 11.8 Å². The molecule has 8 nitrogen and oxygen atoms in total. The van der Waals surface area contributed by atoms with Crippen LogP contribution in [-0.4, -0.2) is 37.3 Å². The van der Waals surface area contributed by atoms with Crippen molar-refractivity contribution >= 4 is 40.2 Å². The van der Waals surface area contributed by atoms with Crippen LogP contribution in [0.2, 0.25) is 5.02 Å². The van der Waals surface area contributed by atoms with Gasteiger partial charge in [0.2, 0.25) is 5.91 Å². The van der Waals surface area contributed by atoms with Crippen molar-refractivity contribution in [1.29, 1.82) is 0 Å². The third-order valence-electron chi connectivity index (χ3n) is 4.98. The number of benzene rings is 2. The number of nitrogens with zero attached hydrogens (tertiary/aromatic N) is 4. The monoisotopic (exact) mass is 482 g/mol. The van der Waals surface area contributed by atoms with Gasteiger partial charge < -0.3 is 10.5 Å². The number of ether oxygens (including phenoxy) is 1. The number of nitrogens with one attached hydrogen (secondary N) is 1. The number of hydrogen-bond acceptors (Lipinski definition) is 7. The lowest BCUT2D eigenvalue weighted by molar-refractivity contribution is -0.118. The molecule has 0 aliphatic carbocycles. The van der Waals surface area contributed by atoms with E-state index >= 15 is 0 Å². The van der Waals surface area contributed by atoms with Gasteiger partial charge in [0.15, 0.2) is 0 Å². The summed E-state index contributed by atoms with van der Waals surface area (Å²) < 4.78 is 6.04. The average Bonchev–Trinajstić information content (AvgIpc) is 3.32. The van der Waals surface area contributed by atoms with Crippen LogP contribution >= 0.6 is 23.4 Å². The number of thioether (sulfide) groups is 1. The highest BCUT2D eigenvalue weighted by atomic mass is 35.5. The van der Waals surface area contributed by atoms with E-state index in [0.29, 0.717) is 30.3 Å². The number of H-pyrrole nitrogens is 1. The molecule has 33 heavy (non-hydrogen) atoms. The number of amides is 1. The van der Waals surface area contributed by atoms with Gasteiger partial charge in [-0.05, 0) is 58.5 Å². The van der Waals surface area contributed by atoms with E-state index in [4.69, 9.17) is 22.1 Å². The number of pyridine rings is 1. The third-order valence-corrected chi connectivity index (χ3v) is 6.58. The molecule has 0 saturated carbocycles. The number of rotatable bonds is 11. The summed E-state index contributed by atoms with van der Waals surface area (Å²) in [6.45, 7) is 0.342. The van der Waals surface area contributed by atoms with Crippen molar-refractivity contribution in [2.45, 2.75) is 31.1 Å². The summed E-state index contributed by atoms with van der Waals surface area (Å²) in [6.07, 6.45) is 1.72. The summed E-state index contributed by atoms with van der Waals surface area (Å²) in [5, 5.41) is 15.9. The van der Waals surface area contributed by atoms with E-state index in [1.807, 2.05) is 48.5 Å². The summed E-state index contributed by atoms with van der Waals surface area (Å²) in [4.78, 5) is 15.7. The van der Waals surface area contributed by atoms with Crippen LogP contribution in [0, 0.1) is 0 Å². The zero-order valence-corrected chi connectivity index (χ0v) is 19.4. The van der Waals surface area contributed by atoms with Crippen LogP contribution in [0.25, 0.3) is 10.9 Å². The summed E-state index contributed by atoms with van der Waals surface area (Å²) in [7, 11) is 0. The van der Waals surface area contributed by atoms with E-state index < -0.39 is 0 Å². The first kappa shape index (κ1) is 23.0. The van der Waals surface area contributed by atoms with Crippen LogP contribution in [0.4, 0.5) is 0 Å². The lowest BCUT2D eigenvalue weighted by atomic mass is 10.1. The molecule has 0 radical (unpaired) electrons. The summed E-state index contributed by atoms with van der Waals surface area (Å²) in [5.74, 6) is 1.96. The molecule has 4 aromatic rings. The zero-order chi connectivity index (χ0) is 23.0. The lowest BCUT2D eigenvalue weighted by Crippen LogP contribution is -2.10. The number of aromatic amines is 1. The van der Waals surface area contributed by atoms with E-state index in [9.17, 15) is 4.79 Å². The Kier molecular flexibility index (Phi) is 7.74. The molecule has 0 fully saturated rings. The van der Waals surface area contributed by atoms with Crippen LogP contribution in [0.5, 0.6) is 5.75 Å². The van der Waals surface area contributed by atoms with Crippen molar-refractivity contribution in [3.63, 3.8) is 0 Å². The molecule has 1 unspecified atom stereocenters. The largest absolute Gasteiger partial charge is 0.487 e. The number of aromatic nitrogens is 5. The van der Waals surface area contributed by atoms with E-state index in [0.717, 1.165) is 40.1 Å². The van der Waals surface area contributed by atoms with Gasteiger partial charge in [0.25, 0.3) is 0 Å². The molecule has 1 amide bonds. The van der Waals surface area contributed by atoms with Crippen molar-refractivity contribution in [3.8, 4) is 5.75 Å². The van der Waals surface area contributed by atoms with Crippen LogP contribution in [0.3, 0.4) is 0 Å². The van der Waals surface area contributed by atoms with E-state index in [2.05, 4.69) is 31.7 Å². The number of carbonyl (C=O) groups is 1. The highest BCUT2D eigenvalue weighted by molar-refractivity contribution is 7.99. The van der Waals surface area contributed by atoms with Gasteiger partial charge in [-0.3, -0.25) is 4.79 Å². The summed E-state index contributed by atoms with van der Waals surface area (Å²) in [6, 6.07) is 17.6. The fourth-order valence-electron chi connectivity index (χ4n) is 3.36. The van der Waals surface area contributed by atoms with Crippen molar-refractivity contribution in [1.82, 2.24) is 25.6 Å². The Morgan fingerprint density at radius 3 is 2.88 bits per heavy atom. The minimum absolute atomic E-state index is 0.0945. The maximum Gasteiger partial charge on any atom is 0.217 e. The smallest absolute Gasteiger partial charge is 0.217 e. The number of carbonyl (C=O) groups excluding carboxylic acids is 1. The fourth-order valence-corrected chi connectivity index (χ4v) is 4.74. The Balaban J connectivity index is 1.44. The molecule has 0 aliphatic heterocycles. The minimum atomic E-state index is -0.286. The highest BCUT2D eigenvalue weighted by Gasteiger charge is 2.16. The van der Waals surface area contributed by atoms with Crippen molar-refractivity contribution < 1.29 is 9.53 Å². The van der Waals surface area contributed by atoms with Gasteiger partial charge in [-0.1, -0.05) is 35.9 Å². The maximum absolute atomic E-state index is 11.0. The lowest BCUT2D eigenvalue weighted by Gasteiger charge is -2.17. The number of halogens is 1. The number of primary amides is 1. The predicted molar refractivity (Wildman–Crippen MR) is 129 cm³/mol. The Labute approximate surface area is 200 Å². The van der Waals surface area contributed by atoms with Gasteiger partial charge in [-0.2, -0.15) is 11.8 Å². The predicted octanol–water partition coefficient (Wildman–Crippen LogP) is 4.26. The van der Waals surface area contributed by atoms with Crippen LogP contribution in [-0.2, 0) is 17.8 Å². The molecule has 170 valence electrons. The van der Waals surface area contributed by atoms with Crippen molar-refractivity contribution in [2.75, 3.05) is 5.75 Å². The minimum Gasteiger partial charge on any atom is -0.487 e. The van der Waals surface area contributed by atoms with E-state index in [1.165, 1.54) is 0 Å². The summed E-state index contributed by atoms with van der Waals surface area (Å²) in [5.41, 5.74) is 8.01. The van der Waals surface area contributed by atoms with Gasteiger partial charge in [0.1, 0.15) is 18.2 Å². The normalized spacial score (nSPS) is 12.0. The standard InChI is InChI=1S/C23H23ClN6O2S/c24-17-8-6-15-7-9-18(26-20(15)12-17)14-32-19-4-1-3-16(11-19)21(13-23-27-29-30-28-23)33-10-2-5-22(25)31/h1,3-4,6-9,11-12,21H,2,5,10,13-14H2,(H2,25,31)(H,27,28,29,30). The molecule has 3 N–H and O–H groups in total. The number of hydrogen-bond donors (Lipinski definition) is 2. The number of nitrogens with two attached hydrogens (primary N) is 1. The van der Waals surface area contributed by atoms with Gasteiger partial charge in [-0.15, -0.1) is 5.10 Å². The van der Waals surface area contributed by atoms with Gasteiger partial charge >= 0.3 is 0 Å². The van der Waals surface area contributed by atoms with Gasteiger partial charge in [0.05, 0.1) is 11.2 Å². The molecule has 2 heterocycles. The molecule has 0 saturated heterocycles. The van der Waals surface area contributed by atoms with E-state index in [-0.39, 0.29) is 11.2 Å². The first-order chi connectivity index (χ1) is 16.1. The number of tetrazole rings is 1. The van der Waals surface area contributed by atoms with Gasteiger partial charge in [0, 0.05) is 28.5 Å². The second-order valence-corrected chi connectivity index (χ2v) is 9.23. The molecule has 1 atom stereocenters. The highest BCUT2D eigenvalue weighted by Crippen LogP contribution is 2.34. The molecule has 0 spiro atoms. The topological polar surface area (TPSA) is 120 Å². The van der Waals surface area contributed by atoms with Crippen molar-refractivity contribution in [3.05, 3.63) is 76.7 Å². The first-order valence-corrected chi connectivity index (χ1v) is 11.9. The second-order valence-electron chi connectivity index (χ2n) is 7.48. The Bertz CT molecular complexity index is 1220. The first-order valence-electron chi connectivity index (χ1n) is 10.5. The molecule has 2 aromatic heterocycles. The Hall–Kier alpha value is -3.17. The molecule has 0 bridgehead atoms. The molecule has 0 aliphatic rings. The zero-order valence-electron chi connectivity index (χ0n) is 17.8. The van der Waals surface area contributed by atoms with Gasteiger partial charge in [-0.25, -0.2) is 10.1 Å². The summed E-state index contributed by atoms with van der Waals surface area (Å²) >= 11 is 7.83. The Morgan fingerprint density at radius 1 is 1.18 bits per heavy atom. The quantitative estimate of drug-likeness (QED) is 0.306. The second kappa shape index (κ2) is 11.1. The maximum atomic E-state index is 11.0. The Morgan fingerprint density at radius 2 is 2.06 bits per heavy atom. The molecule has 2 aromatic carbocycles. The molecular weight excluding hydrogens is 460 g/mol. The fraction of sp³-hybridized carbons (Fsp3) is 0.261. The average molecular weight is 483 g/mol. The molecular formula is C23H23ClN6O2S. The molecule has 4 rings (SSSR count). The third kappa shape index (κ3) is 6.66. The van der Waals surface area contributed by atoms with Crippen LogP contribution in [0.1, 0.15) is 35.2 Å². The van der Waals surface area contributed by atoms with Crippen LogP contribution < -0.4 is 10.5 Å². The van der Waals surface area contributed by atoms with Crippen molar-refractivity contribution in [2.24, 2.45) is 5.73 Å². The number of fused-ring (bicyclic) bond motifs is 1.